The van der Waals surface area contributed by atoms with Gasteiger partial charge in [0.1, 0.15) is 5.60 Å². The second-order valence-corrected chi connectivity index (χ2v) is 12.2. The molecule has 0 heterocycles. The minimum atomic E-state index is -2.04. The highest BCUT2D eigenvalue weighted by Gasteiger charge is 2.76. The average Bonchev–Trinajstić information content (AvgIpc) is 3.12. The van der Waals surface area contributed by atoms with Crippen molar-refractivity contribution in [2.75, 3.05) is 33.4 Å². The molecule has 40 heavy (non-hydrogen) atoms. The molecule has 0 aromatic heterocycles. The van der Waals surface area contributed by atoms with Crippen molar-refractivity contribution in [3.05, 3.63) is 23.8 Å². The van der Waals surface area contributed by atoms with E-state index in [1.165, 1.54) is 19.3 Å². The van der Waals surface area contributed by atoms with Crippen LogP contribution in [0.5, 0.6) is 0 Å². The number of halogens is 1. The minimum absolute atomic E-state index is 0.0505. The van der Waals surface area contributed by atoms with Gasteiger partial charge in [-0.1, -0.05) is 25.5 Å². The Morgan fingerprint density at radius 2 is 1.93 bits per heavy atom. The summed E-state index contributed by atoms with van der Waals surface area (Å²) in [6, 6.07) is 0. The van der Waals surface area contributed by atoms with Crippen molar-refractivity contribution in [3.63, 3.8) is 0 Å². The number of aliphatic hydroxyl groups is 1. The number of nitrogens with two attached hydrogens (primary N) is 1. The molecule has 0 radical (unpaired) electrons. The van der Waals surface area contributed by atoms with Gasteiger partial charge in [-0.25, -0.2) is 9.18 Å². The second kappa shape index (κ2) is 10.6. The van der Waals surface area contributed by atoms with Gasteiger partial charge in [0.05, 0.1) is 12.5 Å². The van der Waals surface area contributed by atoms with E-state index in [-0.39, 0.29) is 50.1 Å². The van der Waals surface area contributed by atoms with E-state index in [9.17, 15) is 24.3 Å². The molecule has 0 unspecified atom stereocenters. The van der Waals surface area contributed by atoms with Gasteiger partial charge in [0.2, 0.25) is 5.78 Å². The number of allylic oxidation sites excluding steroid dienone is 4. The molecule has 8 atom stereocenters. The maximum absolute atomic E-state index is 17.4. The van der Waals surface area contributed by atoms with Crippen molar-refractivity contribution in [1.82, 2.24) is 4.90 Å². The Morgan fingerprint density at radius 3 is 2.55 bits per heavy atom. The predicted molar refractivity (Wildman–Crippen MR) is 142 cm³/mol. The molecule has 4 aliphatic rings. The van der Waals surface area contributed by atoms with Gasteiger partial charge in [0.25, 0.3) is 0 Å². The minimum Gasteiger partial charge on any atom is -0.481 e. The van der Waals surface area contributed by atoms with Crippen molar-refractivity contribution >= 4 is 23.6 Å². The summed E-state index contributed by atoms with van der Waals surface area (Å²) in [4.78, 5) is 50.8. The number of hydrogen-bond acceptors (Lipinski definition) is 8. The van der Waals surface area contributed by atoms with E-state index in [2.05, 4.69) is 0 Å². The Kier molecular flexibility index (Phi) is 8.07. The van der Waals surface area contributed by atoms with Crippen LogP contribution in [0.1, 0.15) is 52.9 Å². The van der Waals surface area contributed by atoms with Crippen LogP contribution in [0.25, 0.3) is 0 Å². The highest BCUT2D eigenvalue weighted by atomic mass is 19.1. The first kappa shape index (κ1) is 30.3. The van der Waals surface area contributed by atoms with Crippen molar-refractivity contribution in [3.8, 4) is 0 Å². The first-order valence-corrected chi connectivity index (χ1v) is 14.0. The van der Waals surface area contributed by atoms with Crippen LogP contribution in [-0.2, 0) is 23.9 Å². The fraction of sp³-hybridized carbons (Fsp3) is 0.724. The van der Waals surface area contributed by atoms with Crippen molar-refractivity contribution in [1.29, 1.82) is 0 Å². The zero-order valence-corrected chi connectivity index (χ0v) is 23.7. The van der Waals surface area contributed by atoms with Crippen LogP contribution in [-0.4, -0.2) is 89.5 Å². The number of fused-ring (bicyclic) bond motifs is 5. The summed E-state index contributed by atoms with van der Waals surface area (Å²) >= 11 is 0. The van der Waals surface area contributed by atoms with Crippen LogP contribution < -0.4 is 5.73 Å². The van der Waals surface area contributed by atoms with E-state index >= 15 is 4.39 Å². The quantitative estimate of drug-likeness (QED) is 0.383. The summed E-state index contributed by atoms with van der Waals surface area (Å²) in [7, 11) is 1.42. The topological polar surface area (TPSA) is 156 Å². The van der Waals surface area contributed by atoms with Gasteiger partial charge in [0, 0.05) is 43.5 Å². The number of carbonyl (C=O) groups excluding carboxylic acids is 3. The molecule has 0 aliphatic heterocycles. The number of aliphatic hydroxyl groups excluding tert-OH is 1. The lowest BCUT2D eigenvalue weighted by Gasteiger charge is -2.63. The summed E-state index contributed by atoms with van der Waals surface area (Å²) in [5.74, 6) is -3.04. The summed E-state index contributed by atoms with van der Waals surface area (Å²) in [5, 5.41) is 20.5. The van der Waals surface area contributed by atoms with E-state index in [1.807, 2.05) is 13.8 Å². The van der Waals surface area contributed by atoms with Gasteiger partial charge in [-0.2, -0.15) is 0 Å². The SMILES string of the molecule is CO[C@]1(C(=O)COC(=O)N(CCN)CCC(=O)O)[C@H](C)C[C@H]2[C@@H]3CCC4=CC(=O)C=C[C@]4(C)[C@@]3(F)[C@@H](O)C[C@@]21C. The third kappa shape index (κ3) is 4.23. The Morgan fingerprint density at radius 1 is 1.23 bits per heavy atom. The Bertz CT molecular complexity index is 1140. The number of hydrogen-bond donors (Lipinski definition) is 3. The lowest BCUT2D eigenvalue weighted by molar-refractivity contribution is -0.224. The highest BCUT2D eigenvalue weighted by Crippen LogP contribution is 2.71. The predicted octanol–water partition coefficient (Wildman–Crippen LogP) is 2.43. The molecule has 10 nitrogen and oxygen atoms in total. The monoisotopic (exact) mass is 564 g/mol. The van der Waals surface area contributed by atoms with Gasteiger partial charge in [0.15, 0.2) is 18.1 Å². The maximum Gasteiger partial charge on any atom is 0.410 e. The number of carbonyl (C=O) groups is 4. The molecule has 4 rings (SSSR count). The first-order chi connectivity index (χ1) is 18.7. The normalized spacial score (nSPS) is 40.0. The lowest BCUT2D eigenvalue weighted by atomic mass is 9.44. The molecule has 0 aromatic carbocycles. The fourth-order valence-electron chi connectivity index (χ4n) is 8.68. The van der Waals surface area contributed by atoms with Gasteiger partial charge >= 0.3 is 12.1 Å². The Hall–Kier alpha value is -2.63. The van der Waals surface area contributed by atoms with Crippen LogP contribution >= 0.6 is 0 Å². The molecule has 0 bridgehead atoms. The molecule has 11 heteroatoms. The fourth-order valence-corrected chi connectivity index (χ4v) is 8.68. The zero-order valence-electron chi connectivity index (χ0n) is 23.7. The van der Waals surface area contributed by atoms with Gasteiger partial charge in [-0.15, -0.1) is 0 Å². The molecule has 3 saturated carbocycles. The highest BCUT2D eigenvalue weighted by molar-refractivity contribution is 6.01. The Labute approximate surface area is 233 Å². The molecular weight excluding hydrogens is 523 g/mol. The zero-order chi connectivity index (χ0) is 29.7. The Balaban J connectivity index is 1.61. The van der Waals surface area contributed by atoms with Gasteiger partial charge in [-0.3, -0.25) is 14.4 Å². The van der Waals surface area contributed by atoms with Crippen molar-refractivity contribution < 1.29 is 43.3 Å². The van der Waals surface area contributed by atoms with E-state index in [0.717, 1.165) is 4.90 Å². The molecule has 0 aromatic rings. The number of carboxylic acids is 1. The van der Waals surface area contributed by atoms with Crippen LogP contribution in [0.2, 0.25) is 0 Å². The number of ketones is 2. The number of methoxy groups -OCH3 is 1. The molecule has 3 fully saturated rings. The number of carboxylic acid groups (broad SMARTS) is 1. The smallest absolute Gasteiger partial charge is 0.410 e. The van der Waals surface area contributed by atoms with E-state index < -0.39 is 58.6 Å². The molecule has 0 saturated heterocycles. The van der Waals surface area contributed by atoms with Crippen LogP contribution in [0, 0.1) is 28.6 Å². The molecule has 4 aliphatic carbocycles. The number of aliphatic carboxylic acids is 1. The number of alkyl halides is 1. The lowest BCUT2D eigenvalue weighted by Crippen LogP contribution is -2.69. The average molecular weight is 565 g/mol. The maximum atomic E-state index is 17.4. The first-order valence-electron chi connectivity index (χ1n) is 14.0. The summed E-state index contributed by atoms with van der Waals surface area (Å²) < 4.78 is 28.7. The van der Waals surface area contributed by atoms with E-state index in [1.54, 1.807) is 13.0 Å². The summed E-state index contributed by atoms with van der Waals surface area (Å²) in [6.07, 6.45) is 3.20. The largest absolute Gasteiger partial charge is 0.481 e. The number of Topliss-reactive ketones (excluding diaryl/α,β-unsaturated/α-hetero) is 1. The van der Waals surface area contributed by atoms with E-state index in [0.29, 0.717) is 24.8 Å². The standard InChI is InChI=1S/C29H41FN2O8/c1-17-13-21-20-6-5-18-14-19(33)7-9-26(18,2)28(20,30)22(34)15-27(21,3)29(17,39-4)23(35)16-40-25(38)32(12-10-31)11-8-24(36)37/h7,9,14,17,20-22,34H,5-6,8,10-13,15-16,31H2,1-4H3,(H,36,37)/t17-,20+,21+,22+,26+,27+,28+,29+/m1/s1. The molecule has 1 amide bonds. The van der Waals surface area contributed by atoms with Crippen molar-refractivity contribution in [2.24, 2.45) is 34.3 Å². The third-order valence-electron chi connectivity index (χ3n) is 10.5. The molecule has 0 spiro atoms. The molecular formula is C29H41FN2O8. The van der Waals surface area contributed by atoms with Crippen molar-refractivity contribution in [2.45, 2.75) is 70.2 Å². The summed E-state index contributed by atoms with van der Waals surface area (Å²) in [5.41, 5.74) is 0.638. The van der Waals surface area contributed by atoms with Crippen LogP contribution in [0.15, 0.2) is 23.8 Å². The molecule has 4 N–H and O–H groups in total. The van der Waals surface area contributed by atoms with E-state index in [4.69, 9.17) is 20.3 Å². The number of amides is 1. The van der Waals surface area contributed by atoms with Gasteiger partial charge < -0.3 is 30.3 Å². The molecule has 222 valence electrons. The van der Waals surface area contributed by atoms with Crippen LogP contribution in [0.4, 0.5) is 9.18 Å². The summed E-state index contributed by atoms with van der Waals surface area (Å²) in [6.45, 7) is 4.87. The second-order valence-electron chi connectivity index (χ2n) is 12.2. The number of ether oxygens (including phenoxy) is 2. The number of rotatable bonds is 9. The van der Waals surface area contributed by atoms with Crippen LogP contribution in [0.3, 0.4) is 0 Å². The van der Waals surface area contributed by atoms with Gasteiger partial charge in [-0.05, 0) is 56.6 Å². The third-order valence-corrected chi connectivity index (χ3v) is 10.5. The number of nitrogens with zero attached hydrogens (tertiary/aromatic N) is 1.